The third kappa shape index (κ3) is 3.57. The van der Waals surface area contributed by atoms with E-state index in [1.165, 1.54) is 30.2 Å². The fourth-order valence-electron chi connectivity index (χ4n) is 2.02. The maximum absolute atomic E-state index is 12.4. The Morgan fingerprint density at radius 2 is 2.14 bits per heavy atom. The summed E-state index contributed by atoms with van der Waals surface area (Å²) in [6.45, 7) is 1.93. The van der Waals surface area contributed by atoms with E-state index in [1.54, 1.807) is 6.07 Å². The molecule has 6 nitrogen and oxygen atoms in total. The van der Waals surface area contributed by atoms with Gasteiger partial charge in [-0.1, -0.05) is 12.1 Å². The molecule has 1 aliphatic rings. The number of anilines is 1. The summed E-state index contributed by atoms with van der Waals surface area (Å²) in [6.07, 6.45) is 0. The second-order valence-corrected chi connectivity index (χ2v) is 8.15. The standard InChI is InChI=1S/C13H19N3O3S2/c1-10-5-4-6-11(7-10)14-13(17)12-8-20-9-16(12)21(18,19)15(2)3/h4-7,12H,8-9H2,1-3H3,(H,14,17)/t12-/m0/s1. The number of rotatable bonds is 4. The molecular weight excluding hydrogens is 310 g/mol. The van der Waals surface area contributed by atoms with Crippen molar-refractivity contribution in [3.8, 4) is 0 Å². The Bertz CT molecular complexity index is 631. The maximum Gasteiger partial charge on any atom is 0.282 e. The van der Waals surface area contributed by atoms with E-state index in [0.717, 1.165) is 9.87 Å². The summed E-state index contributed by atoms with van der Waals surface area (Å²) in [7, 11) is -0.654. The highest BCUT2D eigenvalue weighted by Gasteiger charge is 2.40. The fourth-order valence-corrected chi connectivity index (χ4v) is 4.80. The van der Waals surface area contributed by atoms with Gasteiger partial charge in [0.25, 0.3) is 10.2 Å². The molecule has 1 fully saturated rings. The second kappa shape index (κ2) is 6.35. The Morgan fingerprint density at radius 3 is 2.76 bits per heavy atom. The van der Waals surface area contributed by atoms with E-state index in [1.807, 2.05) is 25.1 Å². The number of carbonyl (C=O) groups excluding carboxylic acids is 1. The Balaban J connectivity index is 2.15. The molecule has 2 rings (SSSR count). The van der Waals surface area contributed by atoms with Crippen LogP contribution in [0.25, 0.3) is 0 Å². The predicted molar refractivity (Wildman–Crippen MR) is 85.4 cm³/mol. The first kappa shape index (κ1) is 16.3. The van der Waals surface area contributed by atoms with Crippen molar-refractivity contribution in [2.24, 2.45) is 0 Å². The number of hydrogen-bond acceptors (Lipinski definition) is 4. The summed E-state index contributed by atoms with van der Waals surface area (Å²) >= 11 is 1.44. The Hall–Kier alpha value is -1.09. The van der Waals surface area contributed by atoms with Gasteiger partial charge >= 0.3 is 0 Å². The van der Waals surface area contributed by atoms with Crippen molar-refractivity contribution in [1.82, 2.24) is 8.61 Å². The summed E-state index contributed by atoms with van der Waals surface area (Å²) in [5.74, 6) is 0.466. The van der Waals surface area contributed by atoms with Crippen LogP contribution >= 0.6 is 11.8 Å². The van der Waals surface area contributed by atoms with Crippen LogP contribution in [0.5, 0.6) is 0 Å². The van der Waals surface area contributed by atoms with Gasteiger partial charge in [0.1, 0.15) is 6.04 Å². The lowest BCUT2D eigenvalue weighted by Gasteiger charge is -2.25. The van der Waals surface area contributed by atoms with Gasteiger partial charge in [-0.25, -0.2) is 0 Å². The van der Waals surface area contributed by atoms with Crippen LogP contribution in [0, 0.1) is 6.92 Å². The molecule has 1 aliphatic heterocycles. The number of nitrogens with zero attached hydrogens (tertiary/aromatic N) is 2. The van der Waals surface area contributed by atoms with E-state index in [9.17, 15) is 13.2 Å². The lowest BCUT2D eigenvalue weighted by molar-refractivity contribution is -0.118. The molecule has 1 saturated heterocycles. The molecule has 116 valence electrons. The Labute approximate surface area is 129 Å². The number of hydrogen-bond donors (Lipinski definition) is 1. The summed E-state index contributed by atoms with van der Waals surface area (Å²) in [6, 6.07) is 6.75. The number of benzene rings is 1. The number of carbonyl (C=O) groups is 1. The first-order valence-corrected chi connectivity index (χ1v) is 9.02. The van der Waals surface area contributed by atoms with Crippen LogP contribution < -0.4 is 5.32 Å². The van der Waals surface area contributed by atoms with Crippen LogP contribution in [0.15, 0.2) is 24.3 Å². The minimum Gasteiger partial charge on any atom is -0.325 e. The first-order chi connectivity index (χ1) is 9.82. The number of thioether (sulfide) groups is 1. The zero-order chi connectivity index (χ0) is 15.6. The Morgan fingerprint density at radius 1 is 1.43 bits per heavy atom. The summed E-state index contributed by atoms with van der Waals surface area (Å²) < 4.78 is 26.8. The van der Waals surface area contributed by atoms with Gasteiger partial charge in [0.2, 0.25) is 5.91 Å². The van der Waals surface area contributed by atoms with E-state index in [0.29, 0.717) is 17.3 Å². The van der Waals surface area contributed by atoms with E-state index in [4.69, 9.17) is 0 Å². The van der Waals surface area contributed by atoms with E-state index >= 15 is 0 Å². The molecule has 0 unspecified atom stereocenters. The topological polar surface area (TPSA) is 69.7 Å². The third-order valence-corrected chi connectivity index (χ3v) is 6.26. The van der Waals surface area contributed by atoms with Crippen molar-refractivity contribution in [2.45, 2.75) is 13.0 Å². The Kier molecular flexibility index (Phi) is 4.92. The van der Waals surface area contributed by atoms with Crippen LogP contribution in [0.1, 0.15) is 5.56 Å². The van der Waals surface area contributed by atoms with Crippen molar-refractivity contribution >= 4 is 33.6 Å². The summed E-state index contributed by atoms with van der Waals surface area (Å²) in [5.41, 5.74) is 1.71. The molecule has 1 amide bonds. The molecule has 0 spiro atoms. The smallest absolute Gasteiger partial charge is 0.282 e. The molecule has 1 N–H and O–H groups in total. The van der Waals surface area contributed by atoms with Gasteiger partial charge in [-0.15, -0.1) is 11.8 Å². The molecule has 1 heterocycles. The number of amides is 1. The normalized spacial score (nSPS) is 19.9. The molecular formula is C13H19N3O3S2. The molecule has 0 radical (unpaired) electrons. The van der Waals surface area contributed by atoms with Gasteiger partial charge in [0, 0.05) is 25.5 Å². The van der Waals surface area contributed by atoms with Gasteiger partial charge in [-0.05, 0) is 24.6 Å². The van der Waals surface area contributed by atoms with Crippen molar-refractivity contribution in [2.75, 3.05) is 31.0 Å². The number of aryl methyl sites for hydroxylation is 1. The predicted octanol–water partition coefficient (Wildman–Crippen LogP) is 1.11. The minimum atomic E-state index is -3.59. The fraction of sp³-hybridized carbons (Fsp3) is 0.462. The van der Waals surface area contributed by atoms with Crippen molar-refractivity contribution in [1.29, 1.82) is 0 Å². The third-order valence-electron chi connectivity index (χ3n) is 3.19. The molecule has 21 heavy (non-hydrogen) atoms. The molecule has 0 saturated carbocycles. The van der Waals surface area contributed by atoms with Gasteiger partial charge < -0.3 is 5.32 Å². The van der Waals surface area contributed by atoms with Gasteiger partial charge in [-0.2, -0.15) is 17.0 Å². The average Bonchev–Trinajstić information content (AvgIpc) is 2.88. The lowest BCUT2D eigenvalue weighted by Crippen LogP contribution is -2.48. The van der Waals surface area contributed by atoms with Gasteiger partial charge in [0.15, 0.2) is 0 Å². The van der Waals surface area contributed by atoms with Crippen LogP contribution in [0.4, 0.5) is 5.69 Å². The van der Waals surface area contributed by atoms with Crippen molar-refractivity contribution in [3.63, 3.8) is 0 Å². The molecule has 0 aromatic heterocycles. The zero-order valence-corrected chi connectivity index (χ0v) is 13.9. The molecule has 8 heteroatoms. The van der Waals surface area contributed by atoms with Gasteiger partial charge in [0.05, 0.1) is 5.88 Å². The quantitative estimate of drug-likeness (QED) is 0.898. The lowest BCUT2D eigenvalue weighted by atomic mass is 10.2. The highest BCUT2D eigenvalue weighted by molar-refractivity contribution is 8.00. The maximum atomic E-state index is 12.4. The molecule has 1 aromatic rings. The highest BCUT2D eigenvalue weighted by atomic mass is 32.2. The molecule has 1 aromatic carbocycles. The monoisotopic (exact) mass is 329 g/mol. The molecule has 0 bridgehead atoms. The summed E-state index contributed by atoms with van der Waals surface area (Å²) in [4.78, 5) is 12.4. The summed E-state index contributed by atoms with van der Waals surface area (Å²) in [5, 5.41) is 2.79. The van der Waals surface area contributed by atoms with Crippen LogP contribution in [-0.4, -0.2) is 54.7 Å². The van der Waals surface area contributed by atoms with Crippen LogP contribution in [0.3, 0.4) is 0 Å². The SMILES string of the molecule is Cc1cccc(NC(=O)[C@@H]2CSCN2S(=O)(=O)N(C)C)c1. The average molecular weight is 329 g/mol. The highest BCUT2D eigenvalue weighted by Crippen LogP contribution is 2.26. The van der Waals surface area contributed by atoms with Crippen LogP contribution in [0.2, 0.25) is 0 Å². The van der Waals surface area contributed by atoms with Gasteiger partial charge in [-0.3, -0.25) is 4.79 Å². The second-order valence-electron chi connectivity index (χ2n) is 5.05. The van der Waals surface area contributed by atoms with E-state index in [2.05, 4.69) is 5.32 Å². The van der Waals surface area contributed by atoms with E-state index < -0.39 is 16.3 Å². The van der Waals surface area contributed by atoms with Crippen molar-refractivity contribution < 1.29 is 13.2 Å². The minimum absolute atomic E-state index is 0.295. The molecule has 1 atom stereocenters. The zero-order valence-electron chi connectivity index (χ0n) is 12.2. The van der Waals surface area contributed by atoms with Crippen molar-refractivity contribution in [3.05, 3.63) is 29.8 Å². The molecule has 0 aliphatic carbocycles. The van der Waals surface area contributed by atoms with E-state index in [-0.39, 0.29) is 5.91 Å². The first-order valence-electron chi connectivity index (χ1n) is 6.47. The number of nitrogens with one attached hydrogen (secondary N) is 1. The largest absolute Gasteiger partial charge is 0.325 e. The van der Waals surface area contributed by atoms with Crippen LogP contribution in [-0.2, 0) is 15.0 Å².